The predicted octanol–water partition coefficient (Wildman–Crippen LogP) is 2.46. The van der Waals surface area contributed by atoms with Gasteiger partial charge in [0.15, 0.2) is 0 Å². The number of nitrogens with one attached hydrogen (secondary N) is 2. The number of hydrogen-bond acceptors (Lipinski definition) is 1. The fourth-order valence-electron chi connectivity index (χ4n) is 1.78. The molecule has 0 unspecified atom stereocenters. The largest absolute Gasteiger partial charge is 0.361 e. The number of alkyl halides is 1. The predicted molar refractivity (Wildman–Crippen MR) is 70.3 cm³/mol. The highest BCUT2D eigenvalue weighted by molar-refractivity contribution is 6.18. The molecule has 2 aromatic rings. The number of halogens is 1. The highest BCUT2D eigenvalue weighted by Gasteiger charge is 2.00. The third kappa shape index (κ3) is 3.24. The van der Waals surface area contributed by atoms with Crippen molar-refractivity contribution in [3.63, 3.8) is 0 Å². The van der Waals surface area contributed by atoms with Gasteiger partial charge in [0.2, 0.25) is 5.91 Å². The van der Waals surface area contributed by atoms with Crippen LogP contribution in [0.15, 0.2) is 30.5 Å². The van der Waals surface area contributed by atoms with Crippen LogP contribution in [0.3, 0.4) is 0 Å². The minimum Gasteiger partial charge on any atom is -0.361 e. The Morgan fingerprint density at radius 2 is 2.24 bits per heavy atom. The molecule has 0 atom stereocenters. The number of carbonyl (C=O) groups is 1. The average molecular weight is 251 g/mol. The van der Waals surface area contributed by atoms with Crippen molar-refractivity contribution >= 4 is 28.4 Å². The fourth-order valence-corrected chi connectivity index (χ4v) is 1.95. The van der Waals surface area contributed by atoms with Crippen LogP contribution in [-0.2, 0) is 11.2 Å². The Hall–Kier alpha value is -1.48. The van der Waals surface area contributed by atoms with Crippen LogP contribution >= 0.6 is 11.6 Å². The molecule has 0 radical (unpaired) electrons. The first-order chi connectivity index (χ1) is 8.29. The van der Waals surface area contributed by atoms with Crippen LogP contribution in [0, 0.1) is 0 Å². The summed E-state index contributed by atoms with van der Waals surface area (Å²) in [6.45, 7) is 0.658. The van der Waals surface area contributed by atoms with Crippen molar-refractivity contribution in [2.75, 3.05) is 12.4 Å². The molecular weight excluding hydrogens is 236 g/mol. The van der Waals surface area contributed by atoms with Crippen LogP contribution in [0.2, 0.25) is 0 Å². The van der Waals surface area contributed by atoms with Crippen LogP contribution < -0.4 is 5.32 Å². The lowest BCUT2D eigenvalue weighted by Gasteiger charge is -2.04. The molecule has 0 aliphatic rings. The Kier molecular flexibility index (Phi) is 4.04. The smallest absolute Gasteiger partial charge is 0.221 e. The SMILES string of the molecule is O=C(CCCl)NCCc1ccc2[nH]ccc2c1. The van der Waals surface area contributed by atoms with E-state index in [-0.39, 0.29) is 5.91 Å². The van der Waals surface area contributed by atoms with E-state index >= 15 is 0 Å². The topological polar surface area (TPSA) is 44.9 Å². The van der Waals surface area contributed by atoms with Crippen LogP contribution in [0.4, 0.5) is 0 Å². The third-order valence-corrected chi connectivity index (χ3v) is 2.86. The molecule has 1 aromatic carbocycles. The summed E-state index contributed by atoms with van der Waals surface area (Å²) in [4.78, 5) is 14.4. The number of H-pyrrole nitrogens is 1. The van der Waals surface area contributed by atoms with Crippen molar-refractivity contribution in [2.45, 2.75) is 12.8 Å². The van der Waals surface area contributed by atoms with E-state index in [1.165, 1.54) is 10.9 Å². The standard InChI is InChI=1S/C13H15ClN2O/c14-6-3-13(17)16-7-4-10-1-2-12-11(9-10)5-8-15-12/h1-2,5,8-9,15H,3-4,6-7H2,(H,16,17). The Balaban J connectivity index is 1.88. The molecule has 0 fully saturated rings. The van der Waals surface area contributed by atoms with E-state index in [4.69, 9.17) is 11.6 Å². The fraction of sp³-hybridized carbons (Fsp3) is 0.308. The Bertz CT molecular complexity index is 507. The second-order valence-electron chi connectivity index (χ2n) is 3.94. The van der Waals surface area contributed by atoms with Crippen LogP contribution in [0.25, 0.3) is 10.9 Å². The number of benzene rings is 1. The van der Waals surface area contributed by atoms with Crippen molar-refractivity contribution < 1.29 is 4.79 Å². The van der Waals surface area contributed by atoms with Crippen molar-refractivity contribution in [3.05, 3.63) is 36.0 Å². The van der Waals surface area contributed by atoms with E-state index in [0.29, 0.717) is 18.8 Å². The quantitative estimate of drug-likeness (QED) is 0.787. The average Bonchev–Trinajstić information content (AvgIpc) is 2.76. The molecule has 0 spiro atoms. The van der Waals surface area contributed by atoms with Gasteiger partial charge in [0, 0.05) is 30.6 Å². The maximum Gasteiger partial charge on any atom is 0.221 e. The monoisotopic (exact) mass is 250 g/mol. The van der Waals surface area contributed by atoms with E-state index in [9.17, 15) is 4.79 Å². The molecule has 0 bridgehead atoms. The zero-order valence-electron chi connectivity index (χ0n) is 9.50. The molecule has 0 saturated carbocycles. The highest BCUT2D eigenvalue weighted by Crippen LogP contribution is 2.14. The minimum absolute atomic E-state index is 0.0164. The molecule has 0 aliphatic carbocycles. The zero-order valence-corrected chi connectivity index (χ0v) is 10.3. The number of aromatic amines is 1. The summed E-state index contributed by atoms with van der Waals surface area (Å²) < 4.78 is 0. The van der Waals surface area contributed by atoms with E-state index in [2.05, 4.69) is 28.5 Å². The van der Waals surface area contributed by atoms with Crippen molar-refractivity contribution in [3.8, 4) is 0 Å². The molecule has 17 heavy (non-hydrogen) atoms. The first kappa shape index (κ1) is 12.0. The van der Waals surface area contributed by atoms with Gasteiger partial charge in [-0.15, -0.1) is 11.6 Å². The number of fused-ring (bicyclic) bond motifs is 1. The van der Waals surface area contributed by atoms with Crippen molar-refractivity contribution in [1.82, 2.24) is 10.3 Å². The van der Waals surface area contributed by atoms with Crippen LogP contribution in [-0.4, -0.2) is 23.3 Å². The summed E-state index contributed by atoms with van der Waals surface area (Å²) in [7, 11) is 0. The zero-order chi connectivity index (χ0) is 12.1. The summed E-state index contributed by atoms with van der Waals surface area (Å²) in [5.74, 6) is 0.393. The lowest BCUT2D eigenvalue weighted by Crippen LogP contribution is -2.25. The number of carbonyl (C=O) groups excluding carboxylic acids is 1. The van der Waals surface area contributed by atoms with Gasteiger partial charge in [0.25, 0.3) is 0 Å². The number of rotatable bonds is 5. The number of amides is 1. The Morgan fingerprint density at radius 3 is 3.06 bits per heavy atom. The molecule has 2 N–H and O–H groups in total. The van der Waals surface area contributed by atoms with E-state index in [1.54, 1.807) is 0 Å². The molecule has 1 heterocycles. The van der Waals surface area contributed by atoms with Crippen LogP contribution in [0.5, 0.6) is 0 Å². The van der Waals surface area contributed by atoms with Crippen LogP contribution in [0.1, 0.15) is 12.0 Å². The molecule has 0 aliphatic heterocycles. The van der Waals surface area contributed by atoms with Gasteiger partial charge in [-0.05, 0) is 35.6 Å². The second kappa shape index (κ2) is 5.73. The number of aromatic nitrogens is 1. The van der Waals surface area contributed by atoms with E-state index in [0.717, 1.165) is 11.9 Å². The molecule has 4 heteroatoms. The summed E-state index contributed by atoms with van der Waals surface area (Å²) in [5, 5.41) is 4.05. The normalized spacial score (nSPS) is 10.6. The van der Waals surface area contributed by atoms with Gasteiger partial charge in [0.05, 0.1) is 0 Å². The van der Waals surface area contributed by atoms with Gasteiger partial charge in [-0.25, -0.2) is 0 Å². The minimum atomic E-state index is 0.0164. The molecule has 1 aromatic heterocycles. The van der Waals surface area contributed by atoms with Gasteiger partial charge in [0.1, 0.15) is 0 Å². The van der Waals surface area contributed by atoms with Gasteiger partial charge in [-0.3, -0.25) is 4.79 Å². The molecule has 2 rings (SSSR count). The lowest BCUT2D eigenvalue weighted by molar-refractivity contribution is -0.120. The van der Waals surface area contributed by atoms with Crippen molar-refractivity contribution in [1.29, 1.82) is 0 Å². The maximum absolute atomic E-state index is 11.2. The summed E-state index contributed by atoms with van der Waals surface area (Å²) in [5.41, 5.74) is 2.36. The van der Waals surface area contributed by atoms with Gasteiger partial charge < -0.3 is 10.3 Å². The van der Waals surface area contributed by atoms with E-state index in [1.807, 2.05) is 12.3 Å². The lowest BCUT2D eigenvalue weighted by atomic mass is 10.1. The molecule has 0 saturated heterocycles. The Labute approximate surface area is 105 Å². The molecular formula is C13H15ClN2O. The molecule has 90 valence electrons. The summed E-state index contributed by atoms with van der Waals surface area (Å²) in [6, 6.07) is 8.32. The second-order valence-corrected chi connectivity index (χ2v) is 4.32. The third-order valence-electron chi connectivity index (χ3n) is 2.68. The maximum atomic E-state index is 11.2. The molecule has 1 amide bonds. The Morgan fingerprint density at radius 1 is 1.35 bits per heavy atom. The number of hydrogen-bond donors (Lipinski definition) is 2. The summed E-state index contributed by atoms with van der Waals surface area (Å²) >= 11 is 5.48. The molecule has 3 nitrogen and oxygen atoms in total. The van der Waals surface area contributed by atoms with Crippen molar-refractivity contribution in [2.24, 2.45) is 0 Å². The van der Waals surface area contributed by atoms with E-state index < -0.39 is 0 Å². The highest BCUT2D eigenvalue weighted by atomic mass is 35.5. The summed E-state index contributed by atoms with van der Waals surface area (Å²) in [6.07, 6.45) is 3.16. The van der Waals surface area contributed by atoms with Gasteiger partial charge in [-0.2, -0.15) is 0 Å². The first-order valence-electron chi connectivity index (χ1n) is 5.68. The van der Waals surface area contributed by atoms with Gasteiger partial charge >= 0.3 is 0 Å². The van der Waals surface area contributed by atoms with Gasteiger partial charge in [-0.1, -0.05) is 6.07 Å². The first-order valence-corrected chi connectivity index (χ1v) is 6.22.